The molecule has 0 amide bonds. The molecule has 1 atom stereocenters. The Hall–Kier alpha value is -1.64. The topological polar surface area (TPSA) is 20.2 Å². The van der Waals surface area contributed by atoms with Crippen LogP contribution in [0.4, 0.5) is 0 Å². The van der Waals surface area contributed by atoms with Gasteiger partial charge in [-0.25, -0.2) is 0 Å². The van der Waals surface area contributed by atoms with E-state index in [4.69, 9.17) is 0 Å². The monoisotopic (exact) mass is 268 g/mol. The molecule has 0 aliphatic rings. The molecule has 1 unspecified atom stereocenters. The third kappa shape index (κ3) is 2.42. The van der Waals surface area contributed by atoms with Crippen molar-refractivity contribution >= 4 is 22.1 Å². The molecule has 2 aromatic carbocycles. The van der Waals surface area contributed by atoms with Gasteiger partial charge in [0.25, 0.3) is 0 Å². The summed E-state index contributed by atoms with van der Waals surface area (Å²) in [5.74, 6) is 0. The zero-order valence-corrected chi connectivity index (χ0v) is 11.7. The number of fused-ring (bicyclic) bond motifs is 1. The first-order valence-corrected chi connectivity index (χ1v) is 7.28. The smallest absolute Gasteiger partial charge is 0.1000 e. The lowest BCUT2D eigenvalue weighted by Gasteiger charge is -2.22. The van der Waals surface area contributed by atoms with Gasteiger partial charge in [-0.2, -0.15) is 0 Å². The van der Waals surface area contributed by atoms with Gasteiger partial charge in [-0.15, -0.1) is 11.3 Å². The van der Waals surface area contributed by atoms with Crippen molar-refractivity contribution in [1.29, 1.82) is 0 Å². The van der Waals surface area contributed by atoms with E-state index in [9.17, 15) is 5.11 Å². The van der Waals surface area contributed by atoms with E-state index in [1.54, 1.807) is 11.3 Å². The fourth-order valence-electron chi connectivity index (χ4n) is 2.49. The maximum Gasteiger partial charge on any atom is 0.1000 e. The first-order valence-electron chi connectivity index (χ1n) is 6.40. The fraction of sp³-hybridized carbons (Fsp3) is 0.176. The van der Waals surface area contributed by atoms with E-state index in [0.717, 1.165) is 4.88 Å². The van der Waals surface area contributed by atoms with Crippen molar-refractivity contribution in [2.45, 2.75) is 18.9 Å². The average Bonchev–Trinajstić information content (AvgIpc) is 2.93. The van der Waals surface area contributed by atoms with Crippen LogP contribution < -0.4 is 0 Å². The lowest BCUT2D eigenvalue weighted by molar-refractivity contribution is 0.0618. The molecule has 1 N–H and O–H groups in total. The van der Waals surface area contributed by atoms with Gasteiger partial charge in [0, 0.05) is 11.3 Å². The van der Waals surface area contributed by atoms with E-state index in [-0.39, 0.29) is 0 Å². The summed E-state index contributed by atoms with van der Waals surface area (Å²) >= 11 is 1.60. The number of thiophene rings is 1. The summed E-state index contributed by atoms with van der Waals surface area (Å²) < 4.78 is 0. The molecule has 96 valence electrons. The molecule has 0 bridgehead atoms. The van der Waals surface area contributed by atoms with Crippen LogP contribution in [0.1, 0.15) is 17.4 Å². The van der Waals surface area contributed by atoms with Crippen molar-refractivity contribution in [3.8, 4) is 0 Å². The van der Waals surface area contributed by atoms with Gasteiger partial charge in [0.05, 0.1) is 5.60 Å². The molecule has 1 aromatic heterocycles. The van der Waals surface area contributed by atoms with Gasteiger partial charge < -0.3 is 5.11 Å². The maximum atomic E-state index is 10.7. The van der Waals surface area contributed by atoms with Gasteiger partial charge in [-0.05, 0) is 34.7 Å². The van der Waals surface area contributed by atoms with Crippen molar-refractivity contribution < 1.29 is 5.11 Å². The Morgan fingerprint density at radius 3 is 2.58 bits per heavy atom. The summed E-state index contributed by atoms with van der Waals surface area (Å²) in [7, 11) is 0. The number of hydrogen-bond donors (Lipinski definition) is 1. The van der Waals surface area contributed by atoms with Crippen LogP contribution in [-0.2, 0) is 12.0 Å². The van der Waals surface area contributed by atoms with Crippen LogP contribution in [0.2, 0.25) is 0 Å². The predicted molar refractivity (Wildman–Crippen MR) is 81.5 cm³/mol. The highest BCUT2D eigenvalue weighted by Gasteiger charge is 2.25. The molecule has 2 heteroatoms. The van der Waals surface area contributed by atoms with Gasteiger partial charge >= 0.3 is 0 Å². The normalized spacial score (nSPS) is 14.4. The molecule has 3 aromatic rings. The van der Waals surface area contributed by atoms with E-state index in [0.29, 0.717) is 6.42 Å². The van der Waals surface area contributed by atoms with Crippen molar-refractivity contribution in [2.75, 3.05) is 0 Å². The van der Waals surface area contributed by atoms with E-state index in [1.807, 2.05) is 36.6 Å². The fourth-order valence-corrected chi connectivity index (χ4v) is 3.28. The van der Waals surface area contributed by atoms with Crippen LogP contribution in [0.25, 0.3) is 10.8 Å². The second-order valence-electron chi connectivity index (χ2n) is 5.07. The summed E-state index contributed by atoms with van der Waals surface area (Å²) in [6.07, 6.45) is 0.634. The molecule has 0 aliphatic heterocycles. The molecular weight excluding hydrogens is 252 g/mol. The van der Waals surface area contributed by atoms with E-state index in [2.05, 4.69) is 30.3 Å². The zero-order valence-electron chi connectivity index (χ0n) is 10.8. The SMILES string of the molecule is CC(O)(Cc1cccc2ccccc12)c1cccs1. The largest absolute Gasteiger partial charge is 0.384 e. The van der Waals surface area contributed by atoms with E-state index in [1.165, 1.54) is 16.3 Å². The summed E-state index contributed by atoms with van der Waals surface area (Å²) in [6.45, 7) is 1.89. The van der Waals surface area contributed by atoms with Gasteiger partial charge in [-0.1, -0.05) is 48.5 Å². The van der Waals surface area contributed by atoms with Crippen molar-refractivity contribution in [1.82, 2.24) is 0 Å². The number of hydrogen-bond acceptors (Lipinski definition) is 2. The zero-order chi connectivity index (χ0) is 13.3. The van der Waals surface area contributed by atoms with Crippen LogP contribution in [0, 0.1) is 0 Å². The quantitative estimate of drug-likeness (QED) is 0.748. The van der Waals surface area contributed by atoms with Gasteiger partial charge in [0.1, 0.15) is 0 Å². The van der Waals surface area contributed by atoms with Crippen LogP contribution >= 0.6 is 11.3 Å². The second-order valence-corrected chi connectivity index (χ2v) is 6.01. The molecule has 0 aliphatic carbocycles. The minimum absolute atomic E-state index is 0.634. The van der Waals surface area contributed by atoms with Crippen LogP contribution in [0.3, 0.4) is 0 Å². The van der Waals surface area contributed by atoms with Crippen LogP contribution in [0.15, 0.2) is 60.0 Å². The minimum atomic E-state index is -0.807. The Morgan fingerprint density at radius 1 is 1.00 bits per heavy atom. The highest BCUT2D eigenvalue weighted by atomic mass is 32.1. The molecule has 0 fully saturated rings. The summed E-state index contributed by atoms with van der Waals surface area (Å²) in [6, 6.07) is 18.6. The van der Waals surface area contributed by atoms with Crippen LogP contribution in [-0.4, -0.2) is 5.11 Å². The number of rotatable bonds is 3. The maximum absolute atomic E-state index is 10.7. The van der Waals surface area contributed by atoms with Gasteiger partial charge in [0.2, 0.25) is 0 Å². The Bertz CT molecular complexity index is 678. The van der Waals surface area contributed by atoms with Crippen LogP contribution in [0.5, 0.6) is 0 Å². The highest BCUT2D eigenvalue weighted by Crippen LogP contribution is 2.31. The minimum Gasteiger partial charge on any atom is -0.384 e. The first-order chi connectivity index (χ1) is 9.17. The van der Waals surface area contributed by atoms with E-state index >= 15 is 0 Å². The van der Waals surface area contributed by atoms with Crippen molar-refractivity contribution in [3.05, 3.63) is 70.4 Å². The van der Waals surface area contributed by atoms with Gasteiger partial charge in [0.15, 0.2) is 0 Å². The molecular formula is C17H16OS. The average molecular weight is 268 g/mol. The summed E-state index contributed by atoms with van der Waals surface area (Å²) in [5.41, 5.74) is 0.384. The molecule has 3 rings (SSSR count). The third-order valence-electron chi connectivity index (χ3n) is 3.47. The lowest BCUT2D eigenvalue weighted by atomic mass is 9.92. The Morgan fingerprint density at radius 2 is 1.79 bits per heavy atom. The van der Waals surface area contributed by atoms with E-state index < -0.39 is 5.60 Å². The van der Waals surface area contributed by atoms with Gasteiger partial charge in [-0.3, -0.25) is 0 Å². The highest BCUT2D eigenvalue weighted by molar-refractivity contribution is 7.10. The molecule has 0 saturated heterocycles. The molecule has 1 nitrogen and oxygen atoms in total. The van der Waals surface area contributed by atoms with Crippen molar-refractivity contribution in [2.24, 2.45) is 0 Å². The molecule has 0 radical (unpaired) electrons. The molecule has 0 saturated carbocycles. The third-order valence-corrected chi connectivity index (χ3v) is 4.59. The summed E-state index contributed by atoms with van der Waals surface area (Å²) in [4.78, 5) is 1.01. The van der Waals surface area contributed by atoms with Crippen molar-refractivity contribution in [3.63, 3.8) is 0 Å². The molecule has 19 heavy (non-hydrogen) atoms. The number of aliphatic hydroxyl groups is 1. The molecule has 0 spiro atoms. The summed E-state index contributed by atoms with van der Waals surface area (Å²) in [5, 5.41) is 15.2. The standard InChI is InChI=1S/C17H16OS/c1-17(18,16-10-5-11-19-16)12-14-8-4-7-13-6-2-3-9-15(13)14/h2-11,18H,12H2,1H3. The lowest BCUT2D eigenvalue weighted by Crippen LogP contribution is -2.22. The Balaban J connectivity index is 2.02. The first kappa shape index (κ1) is 12.4. The second kappa shape index (κ2) is 4.80. The Labute approximate surface area is 117 Å². The number of benzene rings is 2. The Kier molecular flexibility index (Phi) is 3.13. The predicted octanol–water partition coefficient (Wildman–Crippen LogP) is 4.35. The molecule has 1 heterocycles.